The van der Waals surface area contributed by atoms with Crippen molar-refractivity contribution in [3.05, 3.63) is 53.1 Å². The molecular weight excluding hydrogens is 359 g/mol. The Morgan fingerprint density at radius 1 is 1.16 bits per heavy atom. The van der Waals surface area contributed by atoms with Crippen LogP contribution in [0.15, 0.2) is 42.5 Å². The van der Waals surface area contributed by atoms with E-state index in [1.807, 2.05) is 0 Å². The number of alkyl halides is 3. The first-order chi connectivity index (χ1) is 11.7. The molecule has 1 atom stereocenters. The quantitative estimate of drug-likeness (QED) is 0.821. The molecule has 25 heavy (non-hydrogen) atoms. The maximum absolute atomic E-state index is 12.8. The number of anilines is 1. The van der Waals surface area contributed by atoms with Gasteiger partial charge in [0.1, 0.15) is 11.5 Å². The van der Waals surface area contributed by atoms with Crippen molar-refractivity contribution < 1.29 is 27.4 Å². The Hall–Kier alpha value is -2.41. The first-order valence-electron chi connectivity index (χ1n) is 7.19. The predicted molar refractivity (Wildman–Crippen MR) is 88.2 cm³/mol. The highest BCUT2D eigenvalue weighted by Gasteiger charge is 2.31. The van der Waals surface area contributed by atoms with Crippen molar-refractivity contribution in [2.75, 3.05) is 12.4 Å². The maximum atomic E-state index is 12.8. The van der Waals surface area contributed by atoms with Crippen molar-refractivity contribution >= 4 is 23.2 Å². The van der Waals surface area contributed by atoms with Gasteiger partial charge >= 0.3 is 6.18 Å². The zero-order valence-electron chi connectivity index (χ0n) is 13.4. The van der Waals surface area contributed by atoms with Crippen LogP contribution in [0.25, 0.3) is 0 Å². The summed E-state index contributed by atoms with van der Waals surface area (Å²) in [6.45, 7) is 1.47. The van der Waals surface area contributed by atoms with Crippen LogP contribution >= 0.6 is 11.6 Å². The minimum Gasteiger partial charge on any atom is -0.497 e. The molecule has 0 aliphatic rings. The average Bonchev–Trinajstić information content (AvgIpc) is 2.55. The van der Waals surface area contributed by atoms with E-state index in [1.165, 1.54) is 14.0 Å². The highest BCUT2D eigenvalue weighted by molar-refractivity contribution is 6.33. The van der Waals surface area contributed by atoms with Gasteiger partial charge in [-0.25, -0.2) is 0 Å². The third kappa shape index (κ3) is 5.03. The Balaban J connectivity index is 2.10. The van der Waals surface area contributed by atoms with Crippen molar-refractivity contribution in [2.24, 2.45) is 0 Å². The molecule has 0 aromatic heterocycles. The number of ether oxygens (including phenoxy) is 2. The van der Waals surface area contributed by atoms with Gasteiger partial charge in [-0.05, 0) is 37.3 Å². The Bertz CT molecular complexity index is 765. The van der Waals surface area contributed by atoms with E-state index in [1.54, 1.807) is 24.3 Å². The molecule has 134 valence electrons. The number of halogens is 4. The van der Waals surface area contributed by atoms with E-state index >= 15 is 0 Å². The largest absolute Gasteiger partial charge is 0.497 e. The van der Waals surface area contributed by atoms with Crippen LogP contribution in [0.1, 0.15) is 12.5 Å². The lowest BCUT2D eigenvalue weighted by molar-refractivity contribution is -0.137. The monoisotopic (exact) mass is 373 g/mol. The molecular formula is C17H15ClF3NO3. The molecule has 0 heterocycles. The van der Waals surface area contributed by atoms with Gasteiger partial charge in [0, 0.05) is 6.07 Å². The highest BCUT2D eigenvalue weighted by atomic mass is 35.5. The van der Waals surface area contributed by atoms with E-state index in [0.29, 0.717) is 11.5 Å². The van der Waals surface area contributed by atoms with Gasteiger partial charge in [-0.2, -0.15) is 13.2 Å². The Labute approximate surface area is 147 Å². The fourth-order valence-electron chi connectivity index (χ4n) is 1.96. The van der Waals surface area contributed by atoms with Gasteiger partial charge in [0.25, 0.3) is 5.91 Å². The van der Waals surface area contributed by atoms with E-state index in [9.17, 15) is 18.0 Å². The summed E-state index contributed by atoms with van der Waals surface area (Å²) < 4.78 is 48.8. The third-order valence-corrected chi connectivity index (χ3v) is 3.60. The lowest BCUT2D eigenvalue weighted by Crippen LogP contribution is -2.30. The van der Waals surface area contributed by atoms with Crippen molar-refractivity contribution in [3.63, 3.8) is 0 Å². The lowest BCUT2D eigenvalue weighted by atomic mass is 10.2. The zero-order valence-corrected chi connectivity index (χ0v) is 14.1. The summed E-state index contributed by atoms with van der Waals surface area (Å²) in [4.78, 5) is 12.2. The molecule has 0 spiro atoms. The second-order valence-electron chi connectivity index (χ2n) is 5.12. The van der Waals surface area contributed by atoms with Crippen LogP contribution < -0.4 is 14.8 Å². The SMILES string of the molecule is COc1cccc(OC(C)C(=O)Nc2cc(C(F)(F)F)ccc2Cl)c1. The van der Waals surface area contributed by atoms with Crippen LogP contribution in [0.4, 0.5) is 18.9 Å². The molecule has 1 N–H and O–H groups in total. The molecule has 0 bridgehead atoms. The minimum atomic E-state index is -4.53. The number of amides is 1. The van der Waals surface area contributed by atoms with Gasteiger partial charge < -0.3 is 14.8 Å². The second-order valence-corrected chi connectivity index (χ2v) is 5.53. The van der Waals surface area contributed by atoms with Crippen LogP contribution in [-0.2, 0) is 11.0 Å². The number of benzene rings is 2. The molecule has 1 unspecified atom stereocenters. The fraction of sp³-hybridized carbons (Fsp3) is 0.235. The number of carbonyl (C=O) groups is 1. The molecule has 0 saturated heterocycles. The predicted octanol–water partition coefficient (Wildman–Crippen LogP) is 4.77. The van der Waals surface area contributed by atoms with Gasteiger partial charge in [-0.3, -0.25) is 4.79 Å². The van der Waals surface area contributed by atoms with E-state index < -0.39 is 23.8 Å². The summed E-state index contributed by atoms with van der Waals surface area (Å²) in [6, 6.07) is 9.30. The molecule has 2 aromatic rings. The summed E-state index contributed by atoms with van der Waals surface area (Å²) in [5.74, 6) is 0.298. The van der Waals surface area contributed by atoms with E-state index in [0.717, 1.165) is 18.2 Å². The Morgan fingerprint density at radius 3 is 2.48 bits per heavy atom. The van der Waals surface area contributed by atoms with Crippen LogP contribution in [0.5, 0.6) is 11.5 Å². The molecule has 0 saturated carbocycles. The number of carbonyl (C=O) groups excluding carboxylic acids is 1. The summed E-state index contributed by atoms with van der Waals surface area (Å²) in [6.07, 6.45) is -5.50. The topological polar surface area (TPSA) is 47.6 Å². The standard InChI is InChI=1S/C17H15ClF3NO3/c1-10(25-13-5-3-4-12(9-13)24-2)16(23)22-15-8-11(17(19,20)21)6-7-14(15)18/h3-10H,1-2H3,(H,22,23). The molecule has 1 amide bonds. The summed E-state index contributed by atoms with van der Waals surface area (Å²) in [5.41, 5.74) is -1.05. The summed E-state index contributed by atoms with van der Waals surface area (Å²) in [7, 11) is 1.49. The van der Waals surface area contributed by atoms with Gasteiger partial charge in [0.15, 0.2) is 6.10 Å². The Morgan fingerprint density at radius 2 is 1.84 bits per heavy atom. The summed E-state index contributed by atoms with van der Waals surface area (Å²) >= 11 is 5.86. The smallest absolute Gasteiger partial charge is 0.416 e. The normalized spacial score (nSPS) is 12.4. The third-order valence-electron chi connectivity index (χ3n) is 3.27. The number of hydrogen-bond donors (Lipinski definition) is 1. The van der Waals surface area contributed by atoms with Gasteiger partial charge in [0.05, 0.1) is 23.4 Å². The van der Waals surface area contributed by atoms with E-state index in [-0.39, 0.29) is 10.7 Å². The molecule has 2 aromatic carbocycles. The van der Waals surface area contributed by atoms with Gasteiger partial charge in [-0.1, -0.05) is 17.7 Å². The number of rotatable bonds is 5. The average molecular weight is 374 g/mol. The van der Waals surface area contributed by atoms with E-state index in [4.69, 9.17) is 21.1 Å². The molecule has 0 aliphatic heterocycles. The van der Waals surface area contributed by atoms with Crippen LogP contribution in [0, 0.1) is 0 Å². The van der Waals surface area contributed by atoms with Crippen molar-refractivity contribution in [1.82, 2.24) is 0 Å². The Kier molecular flexibility index (Phi) is 5.79. The molecule has 0 fully saturated rings. The van der Waals surface area contributed by atoms with Crippen LogP contribution in [0.3, 0.4) is 0 Å². The number of nitrogens with one attached hydrogen (secondary N) is 1. The second kappa shape index (κ2) is 7.65. The minimum absolute atomic E-state index is 0.00469. The van der Waals surface area contributed by atoms with Crippen molar-refractivity contribution in [2.45, 2.75) is 19.2 Å². The highest BCUT2D eigenvalue weighted by Crippen LogP contribution is 2.34. The first kappa shape index (κ1) is 18.9. The van der Waals surface area contributed by atoms with E-state index in [2.05, 4.69) is 5.32 Å². The molecule has 2 rings (SSSR count). The fourth-order valence-corrected chi connectivity index (χ4v) is 2.13. The van der Waals surface area contributed by atoms with Crippen LogP contribution in [0.2, 0.25) is 5.02 Å². The molecule has 8 heteroatoms. The number of hydrogen-bond acceptors (Lipinski definition) is 3. The van der Waals surface area contributed by atoms with Gasteiger partial charge in [-0.15, -0.1) is 0 Å². The van der Waals surface area contributed by atoms with Gasteiger partial charge in [0.2, 0.25) is 0 Å². The molecule has 0 aliphatic carbocycles. The number of methoxy groups -OCH3 is 1. The lowest BCUT2D eigenvalue weighted by Gasteiger charge is -2.16. The van der Waals surface area contributed by atoms with Crippen molar-refractivity contribution in [1.29, 1.82) is 0 Å². The maximum Gasteiger partial charge on any atom is 0.416 e. The first-order valence-corrected chi connectivity index (χ1v) is 7.57. The van der Waals surface area contributed by atoms with Crippen molar-refractivity contribution in [3.8, 4) is 11.5 Å². The molecule has 0 radical (unpaired) electrons. The van der Waals surface area contributed by atoms with Crippen LogP contribution in [-0.4, -0.2) is 19.1 Å². The zero-order chi connectivity index (χ0) is 18.6. The molecule has 4 nitrogen and oxygen atoms in total. The summed E-state index contributed by atoms with van der Waals surface area (Å²) in [5, 5.41) is 2.34.